The number of nitrogens with two attached hydrogens (primary N) is 1. The number of rotatable bonds is 2. The molecule has 1 heterocycles. The van der Waals surface area contributed by atoms with Crippen molar-refractivity contribution in [3.63, 3.8) is 0 Å². The predicted octanol–water partition coefficient (Wildman–Crippen LogP) is 3.28. The summed E-state index contributed by atoms with van der Waals surface area (Å²) in [5, 5.41) is 2.96. The second-order valence-corrected chi connectivity index (χ2v) is 4.55. The number of aromatic amines is 1. The Kier molecular flexibility index (Phi) is 3.06. The van der Waals surface area contributed by atoms with E-state index in [9.17, 15) is 13.6 Å². The number of hydrogen-bond donors (Lipinski definition) is 3. The molecule has 2 aromatic carbocycles. The van der Waals surface area contributed by atoms with Crippen molar-refractivity contribution in [2.24, 2.45) is 0 Å². The van der Waals surface area contributed by atoms with Gasteiger partial charge in [0.15, 0.2) is 0 Å². The summed E-state index contributed by atoms with van der Waals surface area (Å²) < 4.78 is 27.0. The Morgan fingerprint density at radius 3 is 2.43 bits per heavy atom. The van der Waals surface area contributed by atoms with Crippen LogP contribution in [-0.4, -0.2) is 10.9 Å². The van der Waals surface area contributed by atoms with Crippen LogP contribution in [0.4, 0.5) is 20.2 Å². The SMILES string of the molecule is Nc1cccc2cc(C(=O)Nc3c(F)cccc3F)[nH]c12. The summed E-state index contributed by atoms with van der Waals surface area (Å²) in [7, 11) is 0. The molecule has 0 radical (unpaired) electrons. The second-order valence-electron chi connectivity index (χ2n) is 4.55. The molecule has 4 N–H and O–H groups in total. The third kappa shape index (κ3) is 2.31. The van der Waals surface area contributed by atoms with E-state index in [0.717, 1.165) is 17.5 Å². The first kappa shape index (κ1) is 13.1. The van der Waals surface area contributed by atoms with E-state index in [4.69, 9.17) is 5.73 Å². The number of carbonyl (C=O) groups is 1. The maximum absolute atomic E-state index is 13.5. The summed E-state index contributed by atoms with van der Waals surface area (Å²) in [6.45, 7) is 0. The van der Waals surface area contributed by atoms with Gasteiger partial charge in [-0.1, -0.05) is 18.2 Å². The Morgan fingerprint density at radius 1 is 1.10 bits per heavy atom. The summed E-state index contributed by atoms with van der Waals surface area (Å²) >= 11 is 0. The fourth-order valence-corrected chi connectivity index (χ4v) is 2.10. The van der Waals surface area contributed by atoms with Crippen LogP contribution in [0.25, 0.3) is 10.9 Å². The molecule has 0 spiro atoms. The lowest BCUT2D eigenvalue weighted by Gasteiger charge is -2.06. The van der Waals surface area contributed by atoms with Gasteiger partial charge >= 0.3 is 0 Å². The molecule has 3 aromatic rings. The highest BCUT2D eigenvalue weighted by Gasteiger charge is 2.15. The molecule has 0 aliphatic heterocycles. The highest BCUT2D eigenvalue weighted by Crippen LogP contribution is 2.23. The molecule has 4 nitrogen and oxygen atoms in total. The number of benzene rings is 2. The molecule has 1 aromatic heterocycles. The summed E-state index contributed by atoms with van der Waals surface area (Å²) in [5.74, 6) is -2.31. The predicted molar refractivity (Wildman–Crippen MR) is 77.0 cm³/mol. The summed E-state index contributed by atoms with van der Waals surface area (Å²) in [5.41, 5.74) is 6.58. The maximum Gasteiger partial charge on any atom is 0.272 e. The van der Waals surface area contributed by atoms with Crippen molar-refractivity contribution in [1.82, 2.24) is 4.98 Å². The number of nitrogens with one attached hydrogen (secondary N) is 2. The van der Waals surface area contributed by atoms with Gasteiger partial charge in [-0.05, 0) is 24.3 Å². The van der Waals surface area contributed by atoms with Crippen molar-refractivity contribution in [1.29, 1.82) is 0 Å². The average molecular weight is 287 g/mol. The lowest BCUT2D eigenvalue weighted by molar-refractivity contribution is 0.102. The molecule has 0 saturated heterocycles. The third-order valence-electron chi connectivity index (χ3n) is 3.13. The van der Waals surface area contributed by atoms with Crippen LogP contribution in [-0.2, 0) is 0 Å². The van der Waals surface area contributed by atoms with Gasteiger partial charge in [0.1, 0.15) is 23.0 Å². The number of anilines is 2. The molecule has 6 heteroatoms. The van der Waals surface area contributed by atoms with Crippen molar-refractivity contribution in [2.45, 2.75) is 0 Å². The Balaban J connectivity index is 1.96. The number of carbonyl (C=O) groups excluding carboxylic acids is 1. The lowest BCUT2D eigenvalue weighted by atomic mass is 10.2. The molecule has 0 saturated carbocycles. The largest absolute Gasteiger partial charge is 0.397 e. The van der Waals surface area contributed by atoms with Crippen LogP contribution in [0.2, 0.25) is 0 Å². The van der Waals surface area contributed by atoms with Crippen LogP contribution in [0.3, 0.4) is 0 Å². The Bertz CT molecular complexity index is 822. The lowest BCUT2D eigenvalue weighted by Crippen LogP contribution is -2.14. The molecule has 0 aliphatic rings. The number of halogens is 2. The Hall–Kier alpha value is -2.89. The van der Waals surface area contributed by atoms with Crippen LogP contribution < -0.4 is 11.1 Å². The van der Waals surface area contributed by atoms with Crippen molar-refractivity contribution >= 4 is 28.2 Å². The minimum absolute atomic E-state index is 0.172. The fraction of sp³-hybridized carbons (Fsp3) is 0. The zero-order valence-corrected chi connectivity index (χ0v) is 10.8. The van der Waals surface area contributed by atoms with Crippen LogP contribution >= 0.6 is 0 Å². The molecular weight excluding hydrogens is 276 g/mol. The highest BCUT2D eigenvalue weighted by atomic mass is 19.1. The molecule has 0 fully saturated rings. The van der Waals surface area contributed by atoms with E-state index in [2.05, 4.69) is 10.3 Å². The number of aromatic nitrogens is 1. The Labute approximate surface area is 118 Å². The maximum atomic E-state index is 13.5. The van der Waals surface area contributed by atoms with E-state index >= 15 is 0 Å². The smallest absolute Gasteiger partial charge is 0.272 e. The average Bonchev–Trinajstić information content (AvgIpc) is 2.88. The number of fused-ring (bicyclic) bond motifs is 1. The number of amides is 1. The molecule has 0 bridgehead atoms. The molecule has 3 rings (SSSR count). The van der Waals surface area contributed by atoms with Crippen molar-refractivity contribution < 1.29 is 13.6 Å². The van der Waals surface area contributed by atoms with Gasteiger partial charge in [-0.15, -0.1) is 0 Å². The summed E-state index contributed by atoms with van der Waals surface area (Å²) in [4.78, 5) is 14.9. The van der Waals surface area contributed by atoms with E-state index in [1.54, 1.807) is 24.3 Å². The van der Waals surface area contributed by atoms with E-state index < -0.39 is 23.2 Å². The van der Waals surface area contributed by atoms with Gasteiger partial charge in [0, 0.05) is 5.39 Å². The summed E-state index contributed by atoms with van der Waals surface area (Å²) in [6.07, 6.45) is 0. The van der Waals surface area contributed by atoms with Crippen LogP contribution in [0.15, 0.2) is 42.5 Å². The highest BCUT2D eigenvalue weighted by molar-refractivity contribution is 6.07. The number of hydrogen-bond acceptors (Lipinski definition) is 2. The van der Waals surface area contributed by atoms with Crippen LogP contribution in [0, 0.1) is 11.6 Å². The van der Waals surface area contributed by atoms with Gasteiger partial charge in [0.05, 0.1) is 11.2 Å². The standard InChI is InChI=1S/C15H11F2N3O/c16-9-4-2-5-10(17)14(9)20-15(21)12-7-8-3-1-6-11(18)13(8)19-12/h1-7,19H,18H2,(H,20,21). The third-order valence-corrected chi connectivity index (χ3v) is 3.13. The van der Waals surface area contributed by atoms with Gasteiger partial charge in [-0.3, -0.25) is 4.79 Å². The van der Waals surface area contributed by atoms with E-state index in [0.29, 0.717) is 11.2 Å². The van der Waals surface area contributed by atoms with Gasteiger partial charge in [0.2, 0.25) is 0 Å². The van der Waals surface area contributed by atoms with Crippen molar-refractivity contribution in [3.8, 4) is 0 Å². The van der Waals surface area contributed by atoms with Gasteiger partial charge < -0.3 is 16.0 Å². The fourth-order valence-electron chi connectivity index (χ4n) is 2.10. The van der Waals surface area contributed by atoms with Gasteiger partial charge in [0.25, 0.3) is 5.91 Å². The zero-order chi connectivity index (χ0) is 15.0. The van der Waals surface area contributed by atoms with Crippen molar-refractivity contribution in [2.75, 3.05) is 11.1 Å². The molecule has 0 unspecified atom stereocenters. The minimum Gasteiger partial charge on any atom is -0.397 e. The van der Waals surface area contributed by atoms with Gasteiger partial charge in [-0.25, -0.2) is 8.78 Å². The second kappa shape index (κ2) is 4.90. The van der Waals surface area contributed by atoms with E-state index in [1.807, 2.05) is 0 Å². The normalized spacial score (nSPS) is 10.8. The number of nitrogen functional groups attached to an aromatic ring is 1. The Morgan fingerprint density at radius 2 is 1.76 bits per heavy atom. The number of para-hydroxylation sites is 2. The molecular formula is C15H11F2N3O. The van der Waals surface area contributed by atoms with Crippen LogP contribution in [0.5, 0.6) is 0 Å². The first-order valence-electron chi connectivity index (χ1n) is 6.19. The van der Waals surface area contributed by atoms with E-state index in [-0.39, 0.29) is 5.69 Å². The number of H-pyrrole nitrogens is 1. The molecule has 106 valence electrons. The minimum atomic E-state index is -0.834. The van der Waals surface area contributed by atoms with Crippen molar-refractivity contribution in [3.05, 3.63) is 59.8 Å². The molecule has 0 aliphatic carbocycles. The van der Waals surface area contributed by atoms with Crippen LogP contribution in [0.1, 0.15) is 10.5 Å². The summed E-state index contributed by atoms with van der Waals surface area (Å²) in [6, 6.07) is 10.2. The molecule has 0 atom stereocenters. The van der Waals surface area contributed by atoms with Gasteiger partial charge in [-0.2, -0.15) is 0 Å². The monoisotopic (exact) mass is 287 g/mol. The first-order valence-corrected chi connectivity index (χ1v) is 6.19. The first-order chi connectivity index (χ1) is 10.1. The molecule has 21 heavy (non-hydrogen) atoms. The molecule has 1 amide bonds. The topological polar surface area (TPSA) is 70.9 Å². The quantitative estimate of drug-likeness (QED) is 0.633. The zero-order valence-electron chi connectivity index (χ0n) is 10.8. The van der Waals surface area contributed by atoms with E-state index in [1.165, 1.54) is 6.07 Å².